The number of nitrogens with one attached hydrogen (secondary N) is 1. The zero-order chi connectivity index (χ0) is 14.5. The number of hydrogen-bond acceptors (Lipinski definition) is 5. The summed E-state index contributed by atoms with van der Waals surface area (Å²) < 4.78 is 5.04. The summed E-state index contributed by atoms with van der Waals surface area (Å²) in [5.41, 5.74) is 0. The van der Waals surface area contributed by atoms with E-state index in [1.165, 1.54) is 13.0 Å². The Hall–Kier alpha value is -0.910. The molecular formula is C14H23ClN4O. The van der Waals surface area contributed by atoms with E-state index < -0.39 is 0 Å². The van der Waals surface area contributed by atoms with Gasteiger partial charge in [-0.1, -0.05) is 11.6 Å². The highest BCUT2D eigenvalue weighted by molar-refractivity contribution is 6.29. The van der Waals surface area contributed by atoms with Crippen LogP contribution in [-0.2, 0) is 11.3 Å². The van der Waals surface area contributed by atoms with Crippen molar-refractivity contribution in [3.8, 4) is 0 Å². The van der Waals surface area contributed by atoms with Crippen LogP contribution in [0.15, 0.2) is 6.07 Å². The van der Waals surface area contributed by atoms with Gasteiger partial charge in [-0.05, 0) is 32.7 Å². The van der Waals surface area contributed by atoms with E-state index in [2.05, 4.69) is 34.0 Å². The van der Waals surface area contributed by atoms with E-state index in [4.69, 9.17) is 16.3 Å². The predicted molar refractivity (Wildman–Crippen MR) is 81.1 cm³/mol. The van der Waals surface area contributed by atoms with Crippen molar-refractivity contribution in [3.63, 3.8) is 0 Å². The maximum atomic E-state index is 5.99. The zero-order valence-corrected chi connectivity index (χ0v) is 13.2. The number of nitrogens with zero attached hydrogens (tertiary/aromatic N) is 3. The van der Waals surface area contributed by atoms with Gasteiger partial charge in [-0.15, -0.1) is 0 Å². The molecule has 0 aromatic carbocycles. The molecule has 0 aliphatic carbocycles. The second-order valence-corrected chi connectivity index (χ2v) is 5.94. The Morgan fingerprint density at radius 3 is 2.95 bits per heavy atom. The number of likely N-dealkylation sites (tertiary alicyclic amines) is 1. The Bertz CT molecular complexity index is 441. The van der Waals surface area contributed by atoms with Gasteiger partial charge in [-0.2, -0.15) is 0 Å². The molecule has 6 heteroatoms. The molecule has 112 valence electrons. The van der Waals surface area contributed by atoms with Crippen LogP contribution in [-0.4, -0.2) is 47.7 Å². The van der Waals surface area contributed by atoms with E-state index in [1.54, 1.807) is 13.2 Å². The SMILES string of the molecule is COCc1nc(Cl)cc(NCC2CCN(C(C)C)C2)n1. The summed E-state index contributed by atoms with van der Waals surface area (Å²) >= 11 is 5.99. The first kappa shape index (κ1) is 15.5. The number of halogens is 1. The molecule has 1 aromatic rings. The van der Waals surface area contributed by atoms with Gasteiger partial charge in [0.25, 0.3) is 0 Å². The average molecular weight is 299 g/mol. The van der Waals surface area contributed by atoms with E-state index in [-0.39, 0.29) is 0 Å². The monoisotopic (exact) mass is 298 g/mol. The molecular weight excluding hydrogens is 276 g/mol. The molecule has 2 heterocycles. The summed E-state index contributed by atoms with van der Waals surface area (Å²) in [7, 11) is 1.62. The summed E-state index contributed by atoms with van der Waals surface area (Å²) in [4.78, 5) is 11.0. The summed E-state index contributed by atoms with van der Waals surface area (Å²) in [6, 6.07) is 2.39. The summed E-state index contributed by atoms with van der Waals surface area (Å²) in [5, 5.41) is 3.82. The number of hydrogen-bond donors (Lipinski definition) is 1. The molecule has 5 nitrogen and oxygen atoms in total. The first-order valence-corrected chi connectivity index (χ1v) is 7.46. The van der Waals surface area contributed by atoms with Crippen LogP contribution < -0.4 is 5.32 Å². The molecule has 2 rings (SSSR count). The van der Waals surface area contributed by atoms with Crippen molar-refractivity contribution in [2.45, 2.75) is 32.9 Å². The van der Waals surface area contributed by atoms with Crippen molar-refractivity contribution in [1.82, 2.24) is 14.9 Å². The first-order valence-electron chi connectivity index (χ1n) is 7.08. The Balaban J connectivity index is 1.88. The molecule has 0 radical (unpaired) electrons. The molecule has 1 N–H and O–H groups in total. The van der Waals surface area contributed by atoms with E-state index in [0.717, 1.165) is 18.9 Å². The van der Waals surface area contributed by atoms with Crippen LogP contribution in [0, 0.1) is 5.92 Å². The average Bonchev–Trinajstić information content (AvgIpc) is 2.85. The van der Waals surface area contributed by atoms with Gasteiger partial charge in [-0.25, -0.2) is 9.97 Å². The fourth-order valence-corrected chi connectivity index (χ4v) is 2.70. The van der Waals surface area contributed by atoms with E-state index >= 15 is 0 Å². The van der Waals surface area contributed by atoms with Crippen LogP contribution in [0.5, 0.6) is 0 Å². The highest BCUT2D eigenvalue weighted by Gasteiger charge is 2.23. The molecule has 1 aromatic heterocycles. The highest BCUT2D eigenvalue weighted by Crippen LogP contribution is 2.19. The van der Waals surface area contributed by atoms with Crippen LogP contribution >= 0.6 is 11.6 Å². The lowest BCUT2D eigenvalue weighted by Gasteiger charge is -2.20. The van der Waals surface area contributed by atoms with Crippen LogP contribution in [0.25, 0.3) is 0 Å². The van der Waals surface area contributed by atoms with Crippen LogP contribution in [0.3, 0.4) is 0 Å². The molecule has 1 saturated heterocycles. The lowest BCUT2D eigenvalue weighted by molar-refractivity contribution is 0.178. The van der Waals surface area contributed by atoms with Crippen molar-refractivity contribution in [2.75, 3.05) is 32.1 Å². The summed E-state index contributed by atoms with van der Waals surface area (Å²) in [6.45, 7) is 8.12. The smallest absolute Gasteiger partial charge is 0.158 e. The molecule has 1 atom stereocenters. The summed E-state index contributed by atoms with van der Waals surface area (Å²) in [6.07, 6.45) is 1.23. The lowest BCUT2D eigenvalue weighted by Crippen LogP contribution is -2.29. The molecule has 0 amide bonds. The minimum absolute atomic E-state index is 0.375. The fourth-order valence-electron chi connectivity index (χ4n) is 2.50. The van der Waals surface area contributed by atoms with Crippen LogP contribution in [0.1, 0.15) is 26.1 Å². The topological polar surface area (TPSA) is 50.3 Å². The lowest BCUT2D eigenvalue weighted by atomic mass is 10.1. The maximum Gasteiger partial charge on any atom is 0.158 e. The molecule has 1 fully saturated rings. The minimum Gasteiger partial charge on any atom is -0.377 e. The van der Waals surface area contributed by atoms with Crippen molar-refractivity contribution in [2.24, 2.45) is 5.92 Å². The van der Waals surface area contributed by atoms with Gasteiger partial charge in [0.05, 0.1) is 0 Å². The number of rotatable bonds is 6. The number of anilines is 1. The molecule has 0 spiro atoms. The zero-order valence-electron chi connectivity index (χ0n) is 12.4. The normalized spacial score (nSPS) is 19.8. The molecule has 1 aliphatic heterocycles. The van der Waals surface area contributed by atoms with Gasteiger partial charge in [0, 0.05) is 32.3 Å². The van der Waals surface area contributed by atoms with Crippen LogP contribution in [0.2, 0.25) is 5.15 Å². The van der Waals surface area contributed by atoms with Gasteiger partial charge in [0.15, 0.2) is 5.82 Å². The minimum atomic E-state index is 0.375. The van der Waals surface area contributed by atoms with Crippen molar-refractivity contribution in [1.29, 1.82) is 0 Å². The molecule has 0 bridgehead atoms. The largest absolute Gasteiger partial charge is 0.377 e. The standard InChI is InChI=1S/C14H23ClN4O/c1-10(2)19-5-4-11(8-19)7-16-13-6-12(15)17-14(18-13)9-20-3/h6,10-11H,4-5,7-9H2,1-3H3,(H,16,17,18). The second kappa shape index (κ2) is 7.20. The van der Waals surface area contributed by atoms with Gasteiger partial charge in [0.2, 0.25) is 0 Å². The quantitative estimate of drug-likeness (QED) is 0.818. The second-order valence-electron chi connectivity index (χ2n) is 5.55. The fraction of sp³-hybridized carbons (Fsp3) is 0.714. The maximum absolute atomic E-state index is 5.99. The van der Waals surface area contributed by atoms with Gasteiger partial charge in [0.1, 0.15) is 17.6 Å². The number of methoxy groups -OCH3 is 1. The Morgan fingerprint density at radius 2 is 2.30 bits per heavy atom. The third-order valence-corrected chi connectivity index (χ3v) is 3.83. The van der Waals surface area contributed by atoms with Gasteiger partial charge in [-0.3, -0.25) is 0 Å². The first-order chi connectivity index (χ1) is 9.58. The number of aromatic nitrogens is 2. The molecule has 20 heavy (non-hydrogen) atoms. The van der Waals surface area contributed by atoms with Crippen molar-refractivity contribution in [3.05, 3.63) is 17.0 Å². The molecule has 1 unspecified atom stereocenters. The molecule has 0 saturated carbocycles. The van der Waals surface area contributed by atoms with Gasteiger partial charge >= 0.3 is 0 Å². The Labute approximate surface area is 125 Å². The third-order valence-electron chi connectivity index (χ3n) is 3.63. The van der Waals surface area contributed by atoms with E-state index in [0.29, 0.717) is 29.5 Å². The third kappa shape index (κ3) is 4.30. The summed E-state index contributed by atoms with van der Waals surface area (Å²) in [5.74, 6) is 2.05. The van der Waals surface area contributed by atoms with Crippen molar-refractivity contribution >= 4 is 17.4 Å². The van der Waals surface area contributed by atoms with E-state index in [9.17, 15) is 0 Å². The Kier molecular flexibility index (Phi) is 5.57. The predicted octanol–water partition coefficient (Wildman–Crippen LogP) is 2.42. The van der Waals surface area contributed by atoms with Crippen LogP contribution in [0.4, 0.5) is 5.82 Å². The number of ether oxygens (including phenoxy) is 1. The van der Waals surface area contributed by atoms with Crippen molar-refractivity contribution < 1.29 is 4.74 Å². The van der Waals surface area contributed by atoms with Gasteiger partial charge < -0.3 is 15.0 Å². The molecule has 1 aliphatic rings. The Morgan fingerprint density at radius 1 is 1.50 bits per heavy atom. The van der Waals surface area contributed by atoms with E-state index in [1.807, 2.05) is 0 Å². The highest BCUT2D eigenvalue weighted by atomic mass is 35.5.